The van der Waals surface area contributed by atoms with Crippen molar-refractivity contribution in [2.45, 2.75) is 25.2 Å². The number of benzene rings is 1. The van der Waals surface area contributed by atoms with Crippen LogP contribution in [0.15, 0.2) is 23.1 Å². The Morgan fingerprint density at radius 3 is 2.84 bits per heavy atom. The molecular formula is C12H16N2O4S. The predicted molar refractivity (Wildman–Crippen MR) is 70.1 cm³/mol. The molecule has 0 fully saturated rings. The van der Waals surface area contributed by atoms with E-state index < -0.39 is 10.0 Å². The van der Waals surface area contributed by atoms with Crippen LogP contribution in [-0.2, 0) is 26.1 Å². The van der Waals surface area contributed by atoms with Crippen LogP contribution in [0.25, 0.3) is 0 Å². The number of nitrogens with one attached hydrogen (secondary N) is 1. The first kappa shape index (κ1) is 14.0. The van der Waals surface area contributed by atoms with Crippen molar-refractivity contribution in [3.63, 3.8) is 0 Å². The molecule has 1 heterocycles. The molecule has 1 amide bonds. The number of rotatable bonds is 4. The van der Waals surface area contributed by atoms with Crippen LogP contribution >= 0.6 is 0 Å². The van der Waals surface area contributed by atoms with Gasteiger partial charge >= 0.3 is 0 Å². The quantitative estimate of drug-likeness (QED) is 0.831. The van der Waals surface area contributed by atoms with Crippen LogP contribution in [0.3, 0.4) is 0 Å². The van der Waals surface area contributed by atoms with Gasteiger partial charge in [-0.25, -0.2) is 8.42 Å². The average Bonchev–Trinajstić information content (AvgIpc) is 2.79. The van der Waals surface area contributed by atoms with Crippen LogP contribution in [0, 0.1) is 0 Å². The molecule has 19 heavy (non-hydrogen) atoms. The molecule has 1 aromatic carbocycles. The van der Waals surface area contributed by atoms with Crippen LogP contribution in [0.5, 0.6) is 0 Å². The van der Waals surface area contributed by atoms with E-state index in [4.69, 9.17) is 4.84 Å². The first-order chi connectivity index (χ1) is 8.95. The topological polar surface area (TPSA) is 75.7 Å². The van der Waals surface area contributed by atoms with Gasteiger partial charge in [-0.1, -0.05) is 11.0 Å². The number of hydrogen-bond acceptors (Lipinski definition) is 4. The molecule has 1 aliphatic heterocycles. The number of fused-ring (bicyclic) bond motifs is 1. The molecule has 0 aliphatic carbocycles. The van der Waals surface area contributed by atoms with Crippen LogP contribution in [0.4, 0.5) is 5.69 Å². The highest BCUT2D eigenvalue weighted by Gasteiger charge is 2.25. The van der Waals surface area contributed by atoms with Crippen molar-refractivity contribution >= 4 is 21.6 Å². The fraction of sp³-hybridized carbons (Fsp3) is 0.417. The summed E-state index contributed by atoms with van der Waals surface area (Å²) in [7, 11) is -3.70. The zero-order valence-electron chi connectivity index (χ0n) is 10.8. The number of anilines is 1. The Bertz CT molecular complexity index is 598. The van der Waals surface area contributed by atoms with E-state index in [-0.39, 0.29) is 17.4 Å². The van der Waals surface area contributed by atoms with Crippen molar-refractivity contribution in [3.05, 3.63) is 23.8 Å². The average molecular weight is 284 g/mol. The van der Waals surface area contributed by atoms with E-state index in [1.165, 1.54) is 19.1 Å². The van der Waals surface area contributed by atoms with Crippen molar-refractivity contribution in [2.75, 3.05) is 18.1 Å². The summed E-state index contributed by atoms with van der Waals surface area (Å²) in [5, 5.41) is 0. The van der Waals surface area contributed by atoms with E-state index >= 15 is 0 Å². The molecular weight excluding hydrogens is 268 g/mol. The third kappa shape index (κ3) is 2.78. The number of nitrogens with zero attached hydrogens (tertiary/aromatic N) is 1. The van der Waals surface area contributed by atoms with E-state index in [0.29, 0.717) is 12.2 Å². The van der Waals surface area contributed by atoms with Crippen molar-refractivity contribution in [3.8, 4) is 0 Å². The largest absolute Gasteiger partial charge is 0.312 e. The van der Waals surface area contributed by atoms with Crippen LogP contribution in [0.2, 0.25) is 0 Å². The Morgan fingerprint density at radius 2 is 2.21 bits per heavy atom. The minimum Gasteiger partial charge on any atom is -0.312 e. The molecule has 1 N–H and O–H groups in total. The Hall–Kier alpha value is -1.44. The zero-order valence-corrected chi connectivity index (χ0v) is 11.7. The van der Waals surface area contributed by atoms with Gasteiger partial charge in [-0.15, -0.1) is 0 Å². The maximum Gasteiger partial charge on any atom is 0.262 e. The first-order valence-electron chi connectivity index (χ1n) is 6.00. The second-order valence-electron chi connectivity index (χ2n) is 4.23. The van der Waals surface area contributed by atoms with Crippen molar-refractivity contribution in [2.24, 2.45) is 0 Å². The van der Waals surface area contributed by atoms with Gasteiger partial charge in [0.05, 0.1) is 11.5 Å². The Balaban J connectivity index is 2.36. The minimum absolute atomic E-state index is 0.0906. The van der Waals surface area contributed by atoms with Gasteiger partial charge in [0.1, 0.15) is 0 Å². The lowest BCUT2D eigenvalue weighted by Crippen LogP contribution is -2.27. The lowest BCUT2D eigenvalue weighted by Gasteiger charge is -2.15. The van der Waals surface area contributed by atoms with Gasteiger partial charge in [-0.05, 0) is 31.0 Å². The van der Waals surface area contributed by atoms with E-state index in [9.17, 15) is 13.2 Å². The lowest BCUT2D eigenvalue weighted by molar-refractivity contribution is -0.116. The summed E-state index contributed by atoms with van der Waals surface area (Å²) in [4.78, 5) is 19.9. The molecule has 0 unspecified atom stereocenters. The summed E-state index contributed by atoms with van der Waals surface area (Å²) in [5.74, 6) is -0.0916. The molecule has 7 heteroatoms. The summed E-state index contributed by atoms with van der Waals surface area (Å²) >= 11 is 0. The van der Waals surface area contributed by atoms with Gasteiger partial charge in [-0.2, -0.15) is 0 Å². The van der Waals surface area contributed by atoms with E-state index in [2.05, 4.69) is 0 Å². The summed E-state index contributed by atoms with van der Waals surface area (Å²) < 4.78 is 23.9. The summed E-state index contributed by atoms with van der Waals surface area (Å²) in [6.45, 7) is 3.98. The smallest absolute Gasteiger partial charge is 0.262 e. The first-order valence-corrected chi connectivity index (χ1v) is 7.48. The number of amides is 1. The van der Waals surface area contributed by atoms with Crippen molar-refractivity contribution in [1.82, 2.24) is 4.89 Å². The molecule has 0 saturated heterocycles. The number of carbonyl (C=O) groups is 1. The van der Waals surface area contributed by atoms with Crippen LogP contribution < -0.4 is 9.79 Å². The van der Waals surface area contributed by atoms with E-state index in [1.54, 1.807) is 17.9 Å². The molecule has 0 saturated carbocycles. The third-order valence-corrected chi connectivity index (χ3v) is 4.17. The van der Waals surface area contributed by atoms with Crippen molar-refractivity contribution < 1.29 is 18.0 Å². The van der Waals surface area contributed by atoms with Gasteiger partial charge < -0.3 is 4.90 Å². The Kier molecular flexibility index (Phi) is 3.88. The maximum atomic E-state index is 11.9. The fourth-order valence-electron chi connectivity index (χ4n) is 2.04. The Labute approximate surface area is 112 Å². The molecule has 1 aliphatic rings. The Morgan fingerprint density at radius 1 is 1.47 bits per heavy atom. The second-order valence-corrected chi connectivity index (χ2v) is 5.88. The van der Waals surface area contributed by atoms with Gasteiger partial charge in [0.2, 0.25) is 5.91 Å². The lowest BCUT2D eigenvalue weighted by atomic mass is 10.2. The SMILES string of the molecule is CCONS(=O)(=O)c1ccc2c(c1)N(C(C)=O)CC2. The molecule has 0 spiro atoms. The molecule has 0 aromatic heterocycles. The van der Waals surface area contributed by atoms with Crippen LogP contribution in [-0.4, -0.2) is 27.5 Å². The van der Waals surface area contributed by atoms with Crippen LogP contribution in [0.1, 0.15) is 19.4 Å². The van der Waals surface area contributed by atoms with Gasteiger partial charge in [0, 0.05) is 19.2 Å². The predicted octanol–water partition coefficient (Wildman–Crippen LogP) is 0.825. The monoisotopic (exact) mass is 284 g/mol. The molecule has 0 bridgehead atoms. The number of hydrogen-bond donors (Lipinski definition) is 1. The molecule has 6 nitrogen and oxygen atoms in total. The fourth-order valence-corrected chi connectivity index (χ4v) is 2.92. The summed E-state index contributed by atoms with van der Waals surface area (Å²) in [6.07, 6.45) is 0.744. The van der Waals surface area contributed by atoms with Crippen molar-refractivity contribution in [1.29, 1.82) is 0 Å². The zero-order chi connectivity index (χ0) is 14.0. The third-order valence-electron chi connectivity index (χ3n) is 2.96. The number of carbonyl (C=O) groups excluding carboxylic acids is 1. The minimum atomic E-state index is -3.70. The van der Waals surface area contributed by atoms with Gasteiger partial charge in [0.25, 0.3) is 10.0 Å². The highest BCUT2D eigenvalue weighted by atomic mass is 32.2. The summed E-state index contributed by atoms with van der Waals surface area (Å²) in [5.41, 5.74) is 1.64. The molecule has 1 aromatic rings. The number of sulfonamides is 1. The second kappa shape index (κ2) is 5.28. The highest BCUT2D eigenvalue weighted by Crippen LogP contribution is 2.30. The molecule has 0 atom stereocenters. The standard InChI is InChI=1S/C12H16N2O4S/c1-3-18-13-19(16,17)11-5-4-10-6-7-14(9(2)15)12(10)8-11/h4-5,8,13H,3,6-7H2,1-2H3. The maximum absolute atomic E-state index is 11.9. The van der Waals surface area contributed by atoms with Gasteiger partial charge in [-0.3, -0.25) is 9.63 Å². The van der Waals surface area contributed by atoms with E-state index in [1.807, 2.05) is 4.89 Å². The molecule has 104 valence electrons. The highest BCUT2D eigenvalue weighted by molar-refractivity contribution is 7.89. The molecule has 2 rings (SSSR count). The normalized spacial score (nSPS) is 14.5. The van der Waals surface area contributed by atoms with E-state index in [0.717, 1.165) is 12.0 Å². The summed E-state index contributed by atoms with van der Waals surface area (Å²) in [6, 6.07) is 4.76. The molecule has 0 radical (unpaired) electrons. The van der Waals surface area contributed by atoms with Gasteiger partial charge in [0.15, 0.2) is 0 Å².